The van der Waals surface area contributed by atoms with Crippen LogP contribution in [0.2, 0.25) is 0 Å². The van der Waals surface area contributed by atoms with Gasteiger partial charge in [0, 0.05) is 12.1 Å². The third-order valence-electron chi connectivity index (χ3n) is 2.38. The summed E-state index contributed by atoms with van der Waals surface area (Å²) in [5.41, 5.74) is 1.28. The van der Waals surface area contributed by atoms with Crippen LogP contribution in [-0.2, 0) is 10.4 Å². The number of benzene rings is 1. The molecular formula is C13H13NO5S2. The molecule has 2 aromatic heterocycles. The molecule has 0 amide bonds. The van der Waals surface area contributed by atoms with Crippen LogP contribution in [0.3, 0.4) is 0 Å². The SMILES string of the molecule is O.O=S(=O)([O-])O.c1ccc(-c2c[n+]3ccccc3s2)cc1. The Morgan fingerprint density at radius 3 is 2.19 bits per heavy atom. The third kappa shape index (κ3) is 5.58. The molecule has 2 heterocycles. The maximum Gasteiger partial charge on any atom is 0.267 e. The van der Waals surface area contributed by atoms with Crippen molar-refractivity contribution in [1.82, 2.24) is 0 Å². The van der Waals surface area contributed by atoms with Gasteiger partial charge in [-0.1, -0.05) is 41.7 Å². The summed E-state index contributed by atoms with van der Waals surface area (Å²) in [5, 5.41) is 0. The van der Waals surface area contributed by atoms with E-state index in [1.54, 1.807) is 0 Å². The van der Waals surface area contributed by atoms with Gasteiger partial charge in [-0.3, -0.25) is 4.55 Å². The average Bonchev–Trinajstić information content (AvgIpc) is 2.81. The first kappa shape index (κ1) is 17.2. The summed E-state index contributed by atoms with van der Waals surface area (Å²) in [6.07, 6.45) is 4.26. The quantitative estimate of drug-likeness (QED) is 0.412. The Hall–Kier alpha value is -1.84. The topological polar surface area (TPSA) is 113 Å². The fourth-order valence-corrected chi connectivity index (χ4v) is 2.65. The molecule has 0 atom stereocenters. The van der Waals surface area contributed by atoms with E-state index in [4.69, 9.17) is 17.5 Å². The maximum absolute atomic E-state index is 8.63. The van der Waals surface area contributed by atoms with Gasteiger partial charge in [-0.25, -0.2) is 8.42 Å². The van der Waals surface area contributed by atoms with E-state index in [0.717, 1.165) is 0 Å². The molecule has 0 aliphatic carbocycles. The molecule has 0 radical (unpaired) electrons. The molecule has 3 aromatic rings. The van der Waals surface area contributed by atoms with Crippen LogP contribution in [-0.4, -0.2) is 23.0 Å². The van der Waals surface area contributed by atoms with E-state index in [1.165, 1.54) is 15.3 Å². The number of pyridine rings is 1. The molecule has 0 fully saturated rings. The second kappa shape index (κ2) is 7.25. The minimum absolute atomic E-state index is 0. The van der Waals surface area contributed by atoms with Gasteiger partial charge in [-0.2, -0.15) is 4.40 Å². The third-order valence-corrected chi connectivity index (χ3v) is 3.50. The molecule has 0 aliphatic heterocycles. The van der Waals surface area contributed by atoms with Crippen LogP contribution in [0.1, 0.15) is 0 Å². The van der Waals surface area contributed by atoms with Gasteiger partial charge in [0.05, 0.1) is 0 Å². The van der Waals surface area contributed by atoms with Crippen molar-refractivity contribution < 1.29 is 27.4 Å². The molecule has 0 unspecified atom stereocenters. The van der Waals surface area contributed by atoms with Gasteiger partial charge in [0.2, 0.25) is 10.4 Å². The summed E-state index contributed by atoms with van der Waals surface area (Å²) in [5.74, 6) is 0. The number of hydrogen-bond acceptors (Lipinski definition) is 4. The molecule has 8 heteroatoms. The Bertz CT molecular complexity index is 759. The lowest BCUT2D eigenvalue weighted by molar-refractivity contribution is -0.506. The molecular weight excluding hydrogens is 314 g/mol. The van der Waals surface area contributed by atoms with Crippen molar-refractivity contribution in [2.24, 2.45) is 0 Å². The Labute approximate surface area is 125 Å². The Balaban J connectivity index is 0.000000324. The summed E-state index contributed by atoms with van der Waals surface area (Å²) in [4.78, 5) is 2.58. The van der Waals surface area contributed by atoms with Gasteiger partial charge in [0.15, 0.2) is 12.4 Å². The predicted octanol–water partition coefficient (Wildman–Crippen LogP) is 1.33. The molecule has 0 bridgehead atoms. The molecule has 3 rings (SSSR count). The molecule has 0 saturated heterocycles. The van der Waals surface area contributed by atoms with Gasteiger partial charge in [-0.05, 0) is 11.6 Å². The van der Waals surface area contributed by atoms with E-state index >= 15 is 0 Å². The van der Waals surface area contributed by atoms with Crippen molar-refractivity contribution in [1.29, 1.82) is 0 Å². The van der Waals surface area contributed by atoms with Crippen molar-refractivity contribution in [3.63, 3.8) is 0 Å². The largest absolute Gasteiger partial charge is 0.726 e. The van der Waals surface area contributed by atoms with Gasteiger partial charge >= 0.3 is 0 Å². The zero-order chi connectivity index (χ0) is 14.6. The number of hydrogen-bond donors (Lipinski definition) is 1. The number of aromatic nitrogens is 1. The lowest BCUT2D eigenvalue weighted by Gasteiger charge is -1.90. The smallest absolute Gasteiger partial charge is 0.267 e. The molecule has 112 valence electrons. The number of nitrogens with zero attached hydrogens (tertiary/aromatic N) is 1. The van der Waals surface area contributed by atoms with Gasteiger partial charge in [0.25, 0.3) is 4.83 Å². The van der Waals surface area contributed by atoms with E-state index in [1.807, 2.05) is 17.4 Å². The predicted molar refractivity (Wildman–Crippen MR) is 78.9 cm³/mol. The van der Waals surface area contributed by atoms with Crippen LogP contribution in [0.25, 0.3) is 15.3 Å². The van der Waals surface area contributed by atoms with Crippen molar-refractivity contribution in [2.75, 3.05) is 0 Å². The average molecular weight is 327 g/mol. The number of thiazole rings is 1. The van der Waals surface area contributed by atoms with Gasteiger partial charge in [-0.15, -0.1) is 0 Å². The summed E-state index contributed by atoms with van der Waals surface area (Å²) in [7, 11) is -4.92. The normalized spacial score (nSPS) is 10.4. The van der Waals surface area contributed by atoms with Crippen LogP contribution in [0, 0.1) is 0 Å². The first-order chi connectivity index (χ1) is 9.43. The van der Waals surface area contributed by atoms with E-state index in [9.17, 15) is 0 Å². The van der Waals surface area contributed by atoms with E-state index in [-0.39, 0.29) is 5.48 Å². The first-order valence-corrected chi connectivity index (χ1v) is 7.75. The molecule has 21 heavy (non-hydrogen) atoms. The summed E-state index contributed by atoms with van der Waals surface area (Å²) in [6, 6.07) is 16.7. The van der Waals surface area contributed by atoms with Crippen molar-refractivity contribution >= 4 is 26.6 Å². The summed E-state index contributed by atoms with van der Waals surface area (Å²) in [6.45, 7) is 0. The van der Waals surface area contributed by atoms with E-state index < -0.39 is 10.4 Å². The molecule has 3 N–H and O–H groups in total. The zero-order valence-electron chi connectivity index (χ0n) is 10.7. The number of rotatable bonds is 1. The summed E-state index contributed by atoms with van der Waals surface area (Å²) < 4.78 is 35.0. The highest BCUT2D eigenvalue weighted by molar-refractivity contribution is 7.79. The lowest BCUT2D eigenvalue weighted by atomic mass is 10.2. The highest BCUT2D eigenvalue weighted by Crippen LogP contribution is 2.24. The van der Waals surface area contributed by atoms with Gasteiger partial charge < -0.3 is 10.0 Å². The van der Waals surface area contributed by atoms with Crippen molar-refractivity contribution in [3.05, 3.63) is 60.9 Å². The fourth-order valence-electron chi connectivity index (χ4n) is 1.63. The van der Waals surface area contributed by atoms with Crippen LogP contribution in [0.15, 0.2) is 60.9 Å². The second-order valence-corrected chi connectivity index (χ2v) is 5.75. The maximum atomic E-state index is 8.63. The van der Waals surface area contributed by atoms with E-state index in [2.05, 4.69) is 59.3 Å². The highest BCUT2D eigenvalue weighted by atomic mass is 32.3. The number of fused-ring (bicyclic) bond motifs is 1. The minimum atomic E-state index is -4.92. The molecule has 6 nitrogen and oxygen atoms in total. The second-order valence-electron chi connectivity index (χ2n) is 3.84. The lowest BCUT2D eigenvalue weighted by Crippen LogP contribution is -2.15. The van der Waals surface area contributed by atoms with E-state index in [0.29, 0.717) is 0 Å². The van der Waals surface area contributed by atoms with Crippen LogP contribution >= 0.6 is 11.3 Å². The standard InChI is InChI=1S/C13H10NS.H2O4S.H2O/c1-2-6-11(7-3-1)12-10-14-9-5-4-8-13(14)15-12;1-5(2,3)4;/h1-10H;(H2,1,2,3,4);1H2/q+1;;/p-1. The van der Waals surface area contributed by atoms with Crippen LogP contribution in [0.5, 0.6) is 0 Å². The Kier molecular flexibility index (Phi) is 5.94. The Morgan fingerprint density at radius 2 is 1.62 bits per heavy atom. The highest BCUT2D eigenvalue weighted by Gasteiger charge is 2.09. The molecule has 0 saturated carbocycles. The van der Waals surface area contributed by atoms with Crippen molar-refractivity contribution in [2.45, 2.75) is 0 Å². The molecule has 0 aliphatic rings. The minimum Gasteiger partial charge on any atom is -0.726 e. The van der Waals surface area contributed by atoms with Crippen molar-refractivity contribution in [3.8, 4) is 10.4 Å². The molecule has 1 aromatic carbocycles. The van der Waals surface area contributed by atoms with Crippen LogP contribution < -0.4 is 4.40 Å². The Morgan fingerprint density at radius 1 is 1.05 bits per heavy atom. The zero-order valence-corrected chi connectivity index (χ0v) is 12.3. The van der Waals surface area contributed by atoms with Gasteiger partial charge in [0.1, 0.15) is 4.88 Å². The van der Waals surface area contributed by atoms with Crippen LogP contribution in [0.4, 0.5) is 0 Å². The monoisotopic (exact) mass is 327 g/mol. The fraction of sp³-hybridized carbons (Fsp3) is 0. The molecule has 0 spiro atoms. The first-order valence-electron chi connectivity index (χ1n) is 5.57. The summed E-state index contributed by atoms with van der Waals surface area (Å²) >= 11 is 1.81.